The van der Waals surface area contributed by atoms with Gasteiger partial charge < -0.3 is 4.74 Å². The smallest absolute Gasteiger partial charge is 0.322 e. The van der Waals surface area contributed by atoms with Crippen molar-refractivity contribution in [1.29, 1.82) is 0 Å². The number of ether oxygens (including phenoxy) is 1. The Bertz CT molecular complexity index is 340. The van der Waals surface area contributed by atoms with Gasteiger partial charge >= 0.3 is 5.97 Å². The van der Waals surface area contributed by atoms with Crippen LogP contribution in [-0.2, 0) is 9.53 Å². The Kier molecular flexibility index (Phi) is 4.76. The van der Waals surface area contributed by atoms with Gasteiger partial charge in [0, 0.05) is 10.9 Å². The van der Waals surface area contributed by atoms with Crippen molar-refractivity contribution in [2.45, 2.75) is 25.9 Å². The van der Waals surface area contributed by atoms with Gasteiger partial charge in [0.15, 0.2) is 0 Å². The molecule has 1 aromatic heterocycles. The van der Waals surface area contributed by atoms with Crippen molar-refractivity contribution in [3.05, 3.63) is 20.8 Å². The highest BCUT2D eigenvalue weighted by Gasteiger charge is 2.17. The molecule has 0 bridgehead atoms. The summed E-state index contributed by atoms with van der Waals surface area (Å²) in [6.45, 7) is 3.82. The van der Waals surface area contributed by atoms with E-state index in [2.05, 4.69) is 26.0 Å². The highest BCUT2D eigenvalue weighted by Crippen LogP contribution is 2.27. The number of hydrogen-bond acceptors (Lipinski definition) is 4. The van der Waals surface area contributed by atoms with Crippen LogP contribution in [0.3, 0.4) is 0 Å². The second kappa shape index (κ2) is 5.63. The number of thiophene rings is 1. The van der Waals surface area contributed by atoms with Crippen molar-refractivity contribution < 1.29 is 9.53 Å². The maximum absolute atomic E-state index is 11.2. The maximum atomic E-state index is 11.2. The maximum Gasteiger partial charge on any atom is 0.322 e. The van der Waals surface area contributed by atoms with E-state index in [0.29, 0.717) is 0 Å². The van der Waals surface area contributed by atoms with Gasteiger partial charge in [-0.15, -0.1) is 11.3 Å². The second-order valence-electron chi connectivity index (χ2n) is 3.28. The zero-order valence-corrected chi connectivity index (χ0v) is 11.3. The van der Waals surface area contributed by atoms with Gasteiger partial charge in [-0.25, -0.2) is 0 Å². The average molecular weight is 292 g/mol. The molecule has 0 aliphatic heterocycles. The molecule has 1 unspecified atom stereocenters. The predicted octanol–water partition coefficient (Wildman–Crippen LogP) is 2.72. The lowest BCUT2D eigenvalue weighted by Crippen LogP contribution is -2.36. The summed E-state index contributed by atoms with van der Waals surface area (Å²) in [5, 5.41) is 3.18. The average Bonchev–Trinajstić information content (AvgIpc) is 2.63. The fourth-order valence-electron chi connectivity index (χ4n) is 1.26. The Morgan fingerprint density at radius 1 is 1.53 bits per heavy atom. The van der Waals surface area contributed by atoms with E-state index in [1.54, 1.807) is 18.3 Å². The van der Waals surface area contributed by atoms with Gasteiger partial charge in [0.05, 0.1) is 10.9 Å². The minimum Gasteiger partial charge on any atom is -0.468 e. The van der Waals surface area contributed by atoms with Crippen LogP contribution in [0.2, 0.25) is 0 Å². The van der Waals surface area contributed by atoms with E-state index in [4.69, 9.17) is 0 Å². The van der Waals surface area contributed by atoms with E-state index in [0.717, 1.165) is 3.79 Å². The van der Waals surface area contributed by atoms with Gasteiger partial charge in [-0.3, -0.25) is 10.1 Å². The summed E-state index contributed by atoms with van der Waals surface area (Å²) < 4.78 is 5.74. The molecule has 1 aromatic rings. The molecule has 1 N–H and O–H groups in total. The monoisotopic (exact) mass is 291 g/mol. The lowest BCUT2D eigenvalue weighted by molar-refractivity contribution is -0.142. The summed E-state index contributed by atoms with van der Waals surface area (Å²) in [5.41, 5.74) is 0. The molecule has 1 rings (SSSR count). The Balaban J connectivity index is 2.55. The van der Waals surface area contributed by atoms with Gasteiger partial charge in [0.2, 0.25) is 0 Å². The zero-order valence-electron chi connectivity index (χ0n) is 8.91. The molecule has 0 aliphatic carbocycles. The van der Waals surface area contributed by atoms with Crippen LogP contribution in [0.1, 0.15) is 24.8 Å². The number of carbonyl (C=O) groups is 1. The Morgan fingerprint density at radius 2 is 2.20 bits per heavy atom. The van der Waals surface area contributed by atoms with Gasteiger partial charge in [0.25, 0.3) is 0 Å². The highest BCUT2D eigenvalue weighted by atomic mass is 79.9. The molecule has 1 heterocycles. The number of nitrogens with one attached hydrogen (secondary N) is 1. The summed E-state index contributed by atoms with van der Waals surface area (Å²) in [6.07, 6.45) is 0. The molecule has 0 amide bonds. The lowest BCUT2D eigenvalue weighted by atomic mass is 10.2. The minimum absolute atomic E-state index is 0.149. The van der Waals surface area contributed by atoms with E-state index in [1.807, 2.05) is 19.1 Å². The molecule has 3 nitrogen and oxygen atoms in total. The Labute approximate surface area is 102 Å². The molecular weight excluding hydrogens is 278 g/mol. The molecule has 0 aliphatic rings. The summed E-state index contributed by atoms with van der Waals surface area (Å²) in [5.74, 6) is -0.238. The topological polar surface area (TPSA) is 38.3 Å². The molecular formula is C10H14BrNO2S. The highest BCUT2D eigenvalue weighted by molar-refractivity contribution is 9.11. The van der Waals surface area contributed by atoms with Crippen LogP contribution in [0.25, 0.3) is 0 Å². The van der Waals surface area contributed by atoms with Crippen molar-refractivity contribution in [3.63, 3.8) is 0 Å². The quantitative estimate of drug-likeness (QED) is 0.867. The summed E-state index contributed by atoms with van der Waals surface area (Å²) in [7, 11) is 1.40. The number of halogens is 1. The second-order valence-corrected chi connectivity index (χ2v) is 5.77. The fraction of sp³-hybridized carbons (Fsp3) is 0.500. The first-order chi connectivity index (χ1) is 7.04. The SMILES string of the molecule is COC(=O)[C@H](C)NC(C)c1ccc(Br)s1. The van der Waals surface area contributed by atoms with Gasteiger partial charge in [-0.2, -0.15) is 0 Å². The molecule has 2 atom stereocenters. The lowest BCUT2D eigenvalue weighted by Gasteiger charge is -2.16. The molecule has 0 saturated carbocycles. The van der Waals surface area contributed by atoms with Crippen LogP contribution in [0.4, 0.5) is 0 Å². The van der Waals surface area contributed by atoms with Crippen molar-refractivity contribution in [3.8, 4) is 0 Å². The van der Waals surface area contributed by atoms with Crippen LogP contribution in [-0.4, -0.2) is 19.1 Å². The molecule has 15 heavy (non-hydrogen) atoms. The molecule has 0 radical (unpaired) electrons. The third-order valence-electron chi connectivity index (χ3n) is 2.08. The fourth-order valence-corrected chi connectivity index (χ4v) is 2.70. The van der Waals surface area contributed by atoms with Gasteiger partial charge in [-0.05, 0) is 41.9 Å². The van der Waals surface area contributed by atoms with E-state index in [9.17, 15) is 4.79 Å². The van der Waals surface area contributed by atoms with Gasteiger partial charge in [-0.1, -0.05) is 0 Å². The molecule has 0 spiro atoms. The third kappa shape index (κ3) is 3.59. The van der Waals surface area contributed by atoms with Crippen LogP contribution in [0.15, 0.2) is 15.9 Å². The van der Waals surface area contributed by atoms with Crippen molar-refractivity contribution in [2.24, 2.45) is 0 Å². The van der Waals surface area contributed by atoms with E-state index < -0.39 is 0 Å². The molecule has 0 saturated heterocycles. The molecule has 0 aromatic carbocycles. The van der Waals surface area contributed by atoms with Crippen molar-refractivity contribution in [2.75, 3.05) is 7.11 Å². The number of carbonyl (C=O) groups excluding carboxylic acids is 1. The largest absolute Gasteiger partial charge is 0.468 e. The first-order valence-corrected chi connectivity index (χ1v) is 6.24. The van der Waals surface area contributed by atoms with E-state index >= 15 is 0 Å². The first kappa shape index (κ1) is 12.7. The normalized spacial score (nSPS) is 14.7. The van der Waals surface area contributed by atoms with Gasteiger partial charge in [0.1, 0.15) is 6.04 Å². The van der Waals surface area contributed by atoms with E-state index in [1.165, 1.54) is 12.0 Å². The third-order valence-corrected chi connectivity index (χ3v) is 3.88. The zero-order chi connectivity index (χ0) is 11.4. The standard InChI is InChI=1S/C10H14BrNO2S/c1-6(8-4-5-9(11)15-8)12-7(2)10(13)14-3/h4-7,12H,1-3H3/t6?,7-/m0/s1. The summed E-state index contributed by atoms with van der Waals surface area (Å²) >= 11 is 5.07. The van der Waals surface area contributed by atoms with Crippen LogP contribution >= 0.6 is 27.3 Å². The first-order valence-electron chi connectivity index (χ1n) is 4.63. The van der Waals surface area contributed by atoms with Crippen LogP contribution in [0.5, 0.6) is 0 Å². The number of hydrogen-bond donors (Lipinski definition) is 1. The number of rotatable bonds is 4. The molecule has 84 valence electrons. The van der Waals surface area contributed by atoms with Crippen molar-refractivity contribution in [1.82, 2.24) is 5.32 Å². The molecule has 5 heteroatoms. The van der Waals surface area contributed by atoms with E-state index in [-0.39, 0.29) is 18.1 Å². The predicted molar refractivity (Wildman–Crippen MR) is 65.0 cm³/mol. The number of esters is 1. The number of methoxy groups -OCH3 is 1. The summed E-state index contributed by atoms with van der Waals surface area (Å²) in [4.78, 5) is 12.4. The minimum atomic E-state index is -0.286. The summed E-state index contributed by atoms with van der Waals surface area (Å²) in [6, 6.07) is 3.90. The Hall–Kier alpha value is -0.390. The van der Waals surface area contributed by atoms with Crippen molar-refractivity contribution >= 4 is 33.2 Å². The van der Waals surface area contributed by atoms with Crippen LogP contribution in [0, 0.1) is 0 Å². The van der Waals surface area contributed by atoms with Crippen LogP contribution < -0.4 is 5.32 Å². The molecule has 0 fully saturated rings. The Morgan fingerprint density at radius 3 is 2.67 bits per heavy atom.